The Morgan fingerprint density at radius 3 is 2.21 bits per heavy atom. The summed E-state index contributed by atoms with van der Waals surface area (Å²) in [4.78, 5) is 10.7. The molecule has 0 heterocycles. The van der Waals surface area contributed by atoms with Crippen LogP contribution in [0.15, 0.2) is 0 Å². The Kier molecular flexibility index (Phi) is 8.72. The fourth-order valence-electron chi connectivity index (χ4n) is 0.738. The molecule has 0 aliphatic rings. The van der Waals surface area contributed by atoms with Crippen LogP contribution in [-0.4, -0.2) is 38.3 Å². The van der Waals surface area contributed by atoms with Gasteiger partial charge >= 0.3 is 6.16 Å². The van der Waals surface area contributed by atoms with Gasteiger partial charge in [-0.15, -0.1) is 0 Å². The van der Waals surface area contributed by atoms with Gasteiger partial charge in [0.25, 0.3) is 0 Å². The van der Waals surface area contributed by atoms with Crippen LogP contribution in [0.25, 0.3) is 0 Å². The second kappa shape index (κ2) is 9.05. The first-order valence-electron chi connectivity index (χ1n) is 4.33. The monoisotopic (exact) mass is 226 g/mol. The van der Waals surface area contributed by atoms with E-state index in [2.05, 4.69) is 9.47 Å². The van der Waals surface area contributed by atoms with Crippen LogP contribution in [0.5, 0.6) is 0 Å². The summed E-state index contributed by atoms with van der Waals surface area (Å²) in [5.41, 5.74) is 0. The number of carbonyl (C=O) groups excluding carboxylic acids is 1. The van der Waals surface area contributed by atoms with Crippen molar-refractivity contribution in [1.82, 2.24) is 0 Å². The van der Waals surface area contributed by atoms with Crippen molar-refractivity contribution in [3.8, 4) is 0 Å². The van der Waals surface area contributed by atoms with Crippen molar-refractivity contribution < 1.29 is 23.7 Å². The van der Waals surface area contributed by atoms with Crippen molar-refractivity contribution in [2.45, 2.75) is 20.1 Å². The lowest BCUT2D eigenvalue weighted by Crippen LogP contribution is -2.25. The number of hydrogen-bond donors (Lipinski definition) is 0. The van der Waals surface area contributed by atoms with E-state index in [4.69, 9.17) is 21.1 Å². The van der Waals surface area contributed by atoms with E-state index in [0.717, 1.165) is 0 Å². The van der Waals surface area contributed by atoms with Gasteiger partial charge in [0.15, 0.2) is 12.4 Å². The number of halogens is 1. The second-order valence-corrected chi connectivity index (χ2v) is 2.37. The van der Waals surface area contributed by atoms with Crippen molar-refractivity contribution >= 4 is 17.8 Å². The summed E-state index contributed by atoms with van der Waals surface area (Å²) in [6.45, 7) is 4.61. The highest BCUT2D eigenvalue weighted by atomic mass is 35.5. The van der Waals surface area contributed by atoms with Crippen molar-refractivity contribution in [1.29, 1.82) is 0 Å². The third kappa shape index (κ3) is 6.94. The maximum Gasteiger partial charge on any atom is 0.509 e. The van der Waals surface area contributed by atoms with Crippen LogP contribution in [0.3, 0.4) is 0 Å². The second-order valence-electron chi connectivity index (χ2n) is 2.15. The van der Waals surface area contributed by atoms with Crippen molar-refractivity contribution in [2.24, 2.45) is 0 Å². The van der Waals surface area contributed by atoms with Gasteiger partial charge in [-0.25, -0.2) is 4.79 Å². The Balaban J connectivity index is 3.63. The van der Waals surface area contributed by atoms with Crippen LogP contribution in [-0.2, 0) is 18.9 Å². The maximum absolute atomic E-state index is 10.7. The minimum Gasteiger partial charge on any atom is -0.429 e. The van der Waals surface area contributed by atoms with Gasteiger partial charge in [-0.1, -0.05) is 11.6 Å². The van der Waals surface area contributed by atoms with E-state index < -0.39 is 12.4 Å². The van der Waals surface area contributed by atoms with E-state index in [9.17, 15) is 4.79 Å². The fraction of sp³-hybridized carbons (Fsp3) is 0.875. The number of rotatable bonds is 7. The van der Waals surface area contributed by atoms with Crippen molar-refractivity contribution in [3.63, 3.8) is 0 Å². The Labute approximate surface area is 88.2 Å². The van der Waals surface area contributed by atoms with Crippen molar-refractivity contribution in [2.75, 3.05) is 25.9 Å². The molecule has 0 fully saturated rings. The quantitative estimate of drug-likeness (QED) is 0.376. The van der Waals surface area contributed by atoms with E-state index in [-0.39, 0.29) is 12.7 Å². The summed E-state index contributed by atoms with van der Waals surface area (Å²) in [5.74, 6) is 0. The van der Waals surface area contributed by atoms with Crippen molar-refractivity contribution in [3.05, 3.63) is 0 Å². The molecule has 0 aromatic heterocycles. The normalized spacial score (nSPS) is 10.3. The highest BCUT2D eigenvalue weighted by Gasteiger charge is 2.11. The van der Waals surface area contributed by atoms with Gasteiger partial charge < -0.3 is 18.9 Å². The first-order chi connectivity index (χ1) is 6.74. The molecule has 6 heteroatoms. The number of alkyl halides is 1. The summed E-state index contributed by atoms with van der Waals surface area (Å²) in [5, 5.41) is 0. The molecule has 0 saturated heterocycles. The molecule has 0 saturated carbocycles. The lowest BCUT2D eigenvalue weighted by atomic mass is 10.6. The molecule has 0 N–H and O–H groups in total. The van der Waals surface area contributed by atoms with Crippen LogP contribution >= 0.6 is 11.6 Å². The molecular formula is C8H15ClO5. The first-order valence-corrected chi connectivity index (χ1v) is 4.86. The predicted octanol–water partition coefficient (Wildman–Crippen LogP) is 1.74. The lowest BCUT2D eigenvalue weighted by Gasteiger charge is -2.16. The van der Waals surface area contributed by atoms with Gasteiger partial charge in [-0.3, -0.25) is 0 Å². The van der Waals surface area contributed by atoms with E-state index in [1.54, 1.807) is 0 Å². The highest BCUT2D eigenvalue weighted by Crippen LogP contribution is 1.98. The van der Waals surface area contributed by atoms with Gasteiger partial charge in [-0.2, -0.15) is 0 Å². The zero-order chi connectivity index (χ0) is 10.8. The van der Waals surface area contributed by atoms with E-state index in [1.807, 2.05) is 13.8 Å². The molecule has 0 aliphatic carbocycles. The minimum absolute atomic E-state index is 0.00258. The summed E-state index contributed by atoms with van der Waals surface area (Å²) < 4.78 is 19.2. The topological polar surface area (TPSA) is 54.0 Å². The minimum atomic E-state index is -0.829. The third-order valence-electron chi connectivity index (χ3n) is 1.21. The molecule has 14 heavy (non-hydrogen) atoms. The molecule has 0 aliphatic heterocycles. The number of carbonyl (C=O) groups is 1. The number of ether oxygens (including phenoxy) is 4. The van der Waals surface area contributed by atoms with Gasteiger partial charge in [0.05, 0.1) is 0 Å². The molecule has 0 radical (unpaired) electrons. The van der Waals surface area contributed by atoms with Gasteiger partial charge in [0.1, 0.15) is 6.61 Å². The molecule has 0 rings (SSSR count). The van der Waals surface area contributed by atoms with Crippen LogP contribution < -0.4 is 0 Å². The Morgan fingerprint density at radius 1 is 1.21 bits per heavy atom. The zero-order valence-electron chi connectivity index (χ0n) is 8.32. The van der Waals surface area contributed by atoms with Crippen LogP contribution in [0.2, 0.25) is 0 Å². The molecule has 0 atom stereocenters. The average Bonchev–Trinajstić information content (AvgIpc) is 2.15. The molecular weight excluding hydrogens is 212 g/mol. The van der Waals surface area contributed by atoms with E-state index in [1.165, 1.54) is 0 Å². The summed E-state index contributed by atoms with van der Waals surface area (Å²) in [6, 6.07) is -0.229. The van der Waals surface area contributed by atoms with E-state index >= 15 is 0 Å². The van der Waals surface area contributed by atoms with Gasteiger partial charge in [-0.05, 0) is 13.8 Å². The molecule has 0 aromatic carbocycles. The molecule has 5 nitrogen and oxygen atoms in total. The highest BCUT2D eigenvalue weighted by molar-refractivity contribution is 6.17. The van der Waals surface area contributed by atoms with Crippen LogP contribution in [0.1, 0.15) is 13.8 Å². The fourth-order valence-corrected chi connectivity index (χ4v) is 0.828. The average molecular weight is 227 g/mol. The first kappa shape index (κ1) is 13.5. The van der Waals surface area contributed by atoms with Crippen LogP contribution in [0.4, 0.5) is 4.79 Å². The third-order valence-corrected chi connectivity index (χ3v) is 1.32. The maximum atomic E-state index is 10.7. The summed E-state index contributed by atoms with van der Waals surface area (Å²) >= 11 is 5.15. The Bertz CT molecular complexity index is 147. The molecule has 0 unspecified atom stereocenters. The molecule has 84 valence electrons. The SMILES string of the molecule is CCOC(COC(=O)OCCl)OCC. The standard InChI is InChI=1S/C8H15ClO5/c1-3-11-7(12-4-2)5-13-8(10)14-6-9/h7H,3-6H2,1-2H3. The molecule has 0 aromatic rings. The lowest BCUT2D eigenvalue weighted by molar-refractivity contribution is -0.160. The van der Waals surface area contributed by atoms with Crippen LogP contribution in [0, 0.1) is 0 Å². The van der Waals surface area contributed by atoms with Gasteiger partial charge in [0.2, 0.25) is 0 Å². The van der Waals surface area contributed by atoms with E-state index in [0.29, 0.717) is 13.2 Å². The molecule has 0 amide bonds. The van der Waals surface area contributed by atoms with Gasteiger partial charge in [0, 0.05) is 13.2 Å². The smallest absolute Gasteiger partial charge is 0.429 e. The molecule has 0 spiro atoms. The largest absolute Gasteiger partial charge is 0.509 e. The zero-order valence-corrected chi connectivity index (χ0v) is 9.08. The molecule has 0 bridgehead atoms. The summed E-state index contributed by atoms with van der Waals surface area (Å²) in [7, 11) is 0. The number of hydrogen-bond acceptors (Lipinski definition) is 5. The predicted molar refractivity (Wildman–Crippen MR) is 50.2 cm³/mol. The Hall–Kier alpha value is -0.520. The Morgan fingerprint density at radius 2 is 1.79 bits per heavy atom. The summed E-state index contributed by atoms with van der Waals surface area (Å²) in [6.07, 6.45) is -1.38.